The molecule has 2 saturated carbocycles. The molecule has 0 aromatic heterocycles. The Hall–Kier alpha value is -1.80. The van der Waals surface area contributed by atoms with E-state index in [-0.39, 0.29) is 5.54 Å². The van der Waals surface area contributed by atoms with Crippen molar-refractivity contribution in [3.05, 3.63) is 23.8 Å². The molecule has 1 heterocycles. The minimum atomic E-state index is -0.429. The molecule has 3 aliphatic rings. The summed E-state index contributed by atoms with van der Waals surface area (Å²) in [6, 6.07) is 5.97. The van der Waals surface area contributed by atoms with Crippen LogP contribution < -0.4 is 9.47 Å². The van der Waals surface area contributed by atoms with E-state index in [4.69, 9.17) is 9.47 Å². The van der Waals surface area contributed by atoms with Crippen molar-refractivity contribution < 1.29 is 14.3 Å². The first-order valence-electron chi connectivity index (χ1n) is 7.37. The molecule has 0 N–H and O–H groups in total. The summed E-state index contributed by atoms with van der Waals surface area (Å²) >= 11 is 0. The van der Waals surface area contributed by atoms with Gasteiger partial charge in [0.05, 0.1) is 5.54 Å². The van der Waals surface area contributed by atoms with E-state index in [0.29, 0.717) is 0 Å². The van der Waals surface area contributed by atoms with E-state index in [0.717, 1.165) is 62.0 Å². The highest BCUT2D eigenvalue weighted by atomic mass is 16.7. The highest BCUT2D eigenvalue weighted by Crippen LogP contribution is 2.51. The van der Waals surface area contributed by atoms with Crippen LogP contribution in [0.2, 0.25) is 0 Å². The fourth-order valence-corrected chi connectivity index (χ4v) is 3.57. The maximum Gasteiger partial charge on any atom is 0.251 e. The number of rotatable bonds is 2. The normalized spacial score (nSPS) is 24.2. The van der Waals surface area contributed by atoms with Crippen molar-refractivity contribution in [2.24, 2.45) is 4.99 Å². The number of hydrogen-bond donors (Lipinski definition) is 0. The maximum absolute atomic E-state index is 10.7. The fourth-order valence-electron chi connectivity index (χ4n) is 3.57. The van der Waals surface area contributed by atoms with Gasteiger partial charge in [0.25, 0.3) is 5.79 Å². The molecule has 0 saturated heterocycles. The molecule has 1 aromatic rings. The van der Waals surface area contributed by atoms with Crippen LogP contribution in [0.15, 0.2) is 23.2 Å². The van der Waals surface area contributed by atoms with E-state index in [1.165, 1.54) is 0 Å². The molecule has 0 radical (unpaired) electrons. The first-order chi connectivity index (χ1) is 9.75. The van der Waals surface area contributed by atoms with Gasteiger partial charge in [-0.1, -0.05) is 6.07 Å². The molecule has 104 valence electrons. The number of isocyanates is 1. The van der Waals surface area contributed by atoms with Crippen molar-refractivity contribution >= 4 is 6.08 Å². The van der Waals surface area contributed by atoms with E-state index in [1.54, 1.807) is 6.08 Å². The molecule has 4 rings (SSSR count). The monoisotopic (exact) mass is 271 g/mol. The number of carbonyl (C=O) groups excluding carboxylic acids is 1. The second kappa shape index (κ2) is 4.10. The Morgan fingerprint density at radius 2 is 1.75 bits per heavy atom. The predicted molar refractivity (Wildman–Crippen MR) is 72.5 cm³/mol. The van der Waals surface area contributed by atoms with Crippen LogP contribution >= 0.6 is 0 Å². The van der Waals surface area contributed by atoms with Gasteiger partial charge in [0, 0.05) is 12.8 Å². The lowest BCUT2D eigenvalue weighted by Gasteiger charge is -2.37. The number of hydrogen-bond acceptors (Lipinski definition) is 4. The smallest absolute Gasteiger partial charge is 0.251 e. The summed E-state index contributed by atoms with van der Waals surface area (Å²) in [7, 11) is 0. The summed E-state index contributed by atoms with van der Waals surface area (Å²) in [6.45, 7) is 0. The Morgan fingerprint density at radius 1 is 1.00 bits per heavy atom. The zero-order valence-electron chi connectivity index (χ0n) is 11.4. The summed E-state index contributed by atoms with van der Waals surface area (Å²) in [6.07, 6.45) is 8.86. The zero-order valence-corrected chi connectivity index (χ0v) is 11.4. The van der Waals surface area contributed by atoms with E-state index < -0.39 is 5.79 Å². The van der Waals surface area contributed by atoms with E-state index in [1.807, 2.05) is 18.2 Å². The van der Waals surface area contributed by atoms with Gasteiger partial charge in [0.15, 0.2) is 11.5 Å². The van der Waals surface area contributed by atoms with E-state index >= 15 is 0 Å². The van der Waals surface area contributed by atoms with Gasteiger partial charge in [-0.3, -0.25) is 0 Å². The Bertz CT molecular complexity index is 594. The van der Waals surface area contributed by atoms with Gasteiger partial charge in [-0.15, -0.1) is 0 Å². The lowest BCUT2D eigenvalue weighted by molar-refractivity contribution is -0.0716. The van der Waals surface area contributed by atoms with Gasteiger partial charge >= 0.3 is 0 Å². The van der Waals surface area contributed by atoms with Crippen LogP contribution in [0.3, 0.4) is 0 Å². The first kappa shape index (κ1) is 12.0. The quantitative estimate of drug-likeness (QED) is 0.611. The summed E-state index contributed by atoms with van der Waals surface area (Å²) < 4.78 is 12.1. The van der Waals surface area contributed by atoms with Crippen LogP contribution in [0, 0.1) is 0 Å². The average molecular weight is 271 g/mol. The van der Waals surface area contributed by atoms with Gasteiger partial charge < -0.3 is 9.47 Å². The van der Waals surface area contributed by atoms with Crippen LogP contribution in [0.1, 0.15) is 50.5 Å². The molecule has 2 fully saturated rings. The van der Waals surface area contributed by atoms with Crippen molar-refractivity contribution in [1.29, 1.82) is 0 Å². The Balaban J connectivity index is 1.68. The molecule has 1 aromatic carbocycles. The topological polar surface area (TPSA) is 47.9 Å². The largest absolute Gasteiger partial charge is 0.448 e. The molecule has 4 heteroatoms. The summed E-state index contributed by atoms with van der Waals surface area (Å²) in [5.74, 6) is 1.19. The van der Waals surface area contributed by atoms with Crippen LogP contribution in [0.5, 0.6) is 11.5 Å². The molecular weight excluding hydrogens is 254 g/mol. The molecule has 0 atom stereocenters. The first-order valence-corrected chi connectivity index (χ1v) is 7.37. The molecule has 0 unspecified atom stereocenters. The second-order valence-corrected chi connectivity index (χ2v) is 6.07. The molecule has 2 aliphatic carbocycles. The number of aliphatic imine (C=N–C) groups is 1. The van der Waals surface area contributed by atoms with Gasteiger partial charge in [0.1, 0.15) is 0 Å². The van der Waals surface area contributed by atoms with Crippen LogP contribution in [0.4, 0.5) is 0 Å². The van der Waals surface area contributed by atoms with Crippen LogP contribution in [0.25, 0.3) is 0 Å². The predicted octanol–water partition coefficient (Wildman–Crippen LogP) is 3.44. The lowest BCUT2D eigenvalue weighted by Crippen LogP contribution is -2.34. The highest BCUT2D eigenvalue weighted by molar-refractivity contribution is 5.49. The Labute approximate surface area is 117 Å². The summed E-state index contributed by atoms with van der Waals surface area (Å²) in [5.41, 5.74) is 0.676. The van der Waals surface area contributed by atoms with Crippen molar-refractivity contribution in [1.82, 2.24) is 0 Å². The molecule has 1 aliphatic heterocycles. The molecule has 20 heavy (non-hydrogen) atoms. The summed E-state index contributed by atoms with van der Waals surface area (Å²) in [4.78, 5) is 14.7. The fraction of sp³-hybridized carbons (Fsp3) is 0.562. The van der Waals surface area contributed by atoms with Crippen LogP contribution in [-0.4, -0.2) is 11.9 Å². The maximum atomic E-state index is 10.7. The Kier molecular flexibility index (Phi) is 2.45. The lowest BCUT2D eigenvalue weighted by atomic mass is 9.72. The molecule has 0 bridgehead atoms. The van der Waals surface area contributed by atoms with Crippen molar-refractivity contribution in [2.45, 2.75) is 56.3 Å². The molecule has 4 nitrogen and oxygen atoms in total. The third-order valence-corrected chi connectivity index (χ3v) is 4.88. The van der Waals surface area contributed by atoms with Gasteiger partial charge in [-0.25, -0.2) is 4.79 Å². The standard InChI is InChI=1S/C16H17NO3/c18-11-17-15(6-3-7-15)12-4-5-13-14(10-12)20-16(19-13)8-1-2-9-16/h4-5,10H,1-3,6-9H2. The van der Waals surface area contributed by atoms with Gasteiger partial charge in [-0.05, 0) is 49.8 Å². The third-order valence-electron chi connectivity index (χ3n) is 4.88. The average Bonchev–Trinajstić information content (AvgIpc) is 2.99. The van der Waals surface area contributed by atoms with Gasteiger partial charge in [0.2, 0.25) is 6.08 Å². The number of fused-ring (bicyclic) bond motifs is 1. The third kappa shape index (κ3) is 1.61. The molecule has 1 spiro atoms. The van der Waals surface area contributed by atoms with Crippen molar-refractivity contribution in [3.8, 4) is 11.5 Å². The van der Waals surface area contributed by atoms with Crippen LogP contribution in [-0.2, 0) is 10.3 Å². The van der Waals surface area contributed by atoms with Gasteiger partial charge in [-0.2, -0.15) is 4.99 Å². The zero-order chi connectivity index (χ0) is 13.6. The minimum absolute atomic E-state index is 0.369. The Morgan fingerprint density at radius 3 is 2.40 bits per heavy atom. The minimum Gasteiger partial charge on any atom is -0.448 e. The molecular formula is C16H17NO3. The number of benzene rings is 1. The highest BCUT2D eigenvalue weighted by Gasteiger charge is 2.45. The summed E-state index contributed by atoms with van der Waals surface area (Å²) in [5, 5.41) is 0. The second-order valence-electron chi connectivity index (χ2n) is 6.07. The number of nitrogens with zero attached hydrogens (tertiary/aromatic N) is 1. The number of ether oxygens (including phenoxy) is 2. The van der Waals surface area contributed by atoms with Crippen molar-refractivity contribution in [2.75, 3.05) is 0 Å². The SMILES string of the molecule is O=C=NC1(c2ccc3c(c2)OC2(CCCC2)O3)CCC1. The van der Waals surface area contributed by atoms with Crippen molar-refractivity contribution in [3.63, 3.8) is 0 Å². The van der Waals surface area contributed by atoms with E-state index in [2.05, 4.69) is 4.99 Å². The molecule has 0 amide bonds. The van der Waals surface area contributed by atoms with E-state index in [9.17, 15) is 4.79 Å².